The highest BCUT2D eigenvalue weighted by Crippen LogP contribution is 2.17. The minimum absolute atomic E-state index is 0.778. The normalized spacial score (nSPS) is 11.6. The second-order valence-corrected chi connectivity index (χ2v) is 6.64. The van der Waals surface area contributed by atoms with Crippen molar-refractivity contribution in [3.05, 3.63) is 60.2 Å². The van der Waals surface area contributed by atoms with E-state index in [0.29, 0.717) is 0 Å². The van der Waals surface area contributed by atoms with E-state index in [9.17, 15) is 0 Å². The molecule has 0 amide bonds. The van der Waals surface area contributed by atoms with E-state index in [4.69, 9.17) is 4.98 Å². The van der Waals surface area contributed by atoms with E-state index in [1.807, 2.05) is 6.07 Å². The molecule has 0 saturated carbocycles. The molecular weight excluding hydrogens is 322 g/mol. The maximum Gasteiger partial charge on any atom is 0.123 e. The van der Waals surface area contributed by atoms with Crippen LogP contribution in [0.2, 0.25) is 0 Å². The van der Waals surface area contributed by atoms with Gasteiger partial charge in [0.25, 0.3) is 0 Å². The van der Waals surface area contributed by atoms with Gasteiger partial charge in [0.2, 0.25) is 0 Å². The molecule has 0 unspecified atom stereocenters. The third-order valence-electron chi connectivity index (χ3n) is 4.82. The Hall–Kier alpha value is -2.66. The van der Waals surface area contributed by atoms with E-state index < -0.39 is 0 Å². The van der Waals surface area contributed by atoms with Crippen LogP contribution in [0.1, 0.15) is 25.0 Å². The van der Waals surface area contributed by atoms with Crippen LogP contribution in [-0.2, 0) is 19.6 Å². The van der Waals surface area contributed by atoms with Gasteiger partial charge in [0.05, 0.1) is 28.6 Å². The summed E-state index contributed by atoms with van der Waals surface area (Å²) in [5.41, 5.74) is 4.57. The highest BCUT2D eigenvalue weighted by atomic mass is 15.1. The molecule has 1 N–H and O–H groups in total. The molecule has 0 saturated heterocycles. The average Bonchev–Trinajstić information content (AvgIpc) is 3.16. The molecule has 134 valence electrons. The van der Waals surface area contributed by atoms with Crippen LogP contribution in [-0.4, -0.2) is 25.6 Å². The Morgan fingerprint density at radius 3 is 2.23 bits per heavy atom. The molecule has 26 heavy (non-hydrogen) atoms. The number of rotatable bonds is 7. The molecule has 2 aromatic heterocycles. The lowest BCUT2D eigenvalue weighted by Crippen LogP contribution is -2.22. The molecule has 0 aliphatic rings. The van der Waals surface area contributed by atoms with Gasteiger partial charge in [-0.05, 0) is 37.6 Å². The van der Waals surface area contributed by atoms with Gasteiger partial charge in [-0.3, -0.25) is 0 Å². The lowest BCUT2D eigenvalue weighted by Gasteiger charge is -2.10. The SMILES string of the molecule is CCCn1c(CNCCn2c(C)nc3ccccc32)nc2ccccc21. The molecule has 0 bridgehead atoms. The first-order valence-electron chi connectivity index (χ1n) is 9.34. The van der Waals surface area contributed by atoms with Crippen LogP contribution < -0.4 is 5.32 Å². The van der Waals surface area contributed by atoms with Crippen molar-refractivity contribution in [2.75, 3.05) is 6.54 Å². The number of aromatic nitrogens is 4. The van der Waals surface area contributed by atoms with E-state index in [-0.39, 0.29) is 0 Å². The first-order chi connectivity index (χ1) is 12.8. The van der Waals surface area contributed by atoms with Crippen molar-refractivity contribution < 1.29 is 0 Å². The standard InChI is InChI=1S/C21H25N5/c1-3-13-26-20-11-7-5-9-18(20)24-21(26)15-22-12-14-25-16(2)23-17-8-4-6-10-19(17)25/h4-11,22H,3,12-15H2,1-2H3. The highest BCUT2D eigenvalue weighted by Gasteiger charge is 2.10. The smallest absolute Gasteiger partial charge is 0.123 e. The van der Waals surface area contributed by atoms with Crippen molar-refractivity contribution in [1.29, 1.82) is 0 Å². The second kappa shape index (κ2) is 7.30. The Kier molecular flexibility index (Phi) is 4.71. The molecule has 2 heterocycles. The molecular formula is C21H25N5. The third-order valence-corrected chi connectivity index (χ3v) is 4.82. The number of hydrogen-bond acceptors (Lipinski definition) is 3. The molecule has 0 fully saturated rings. The first kappa shape index (κ1) is 16.8. The summed E-state index contributed by atoms with van der Waals surface area (Å²) in [6.45, 7) is 7.85. The van der Waals surface area contributed by atoms with E-state index in [1.165, 1.54) is 11.0 Å². The van der Waals surface area contributed by atoms with E-state index in [2.05, 4.69) is 75.7 Å². The monoisotopic (exact) mass is 347 g/mol. The molecule has 5 nitrogen and oxygen atoms in total. The molecule has 0 aliphatic carbocycles. The Labute approximate surface area is 153 Å². The minimum atomic E-state index is 0.778. The summed E-state index contributed by atoms with van der Waals surface area (Å²) in [4.78, 5) is 9.45. The number of imidazole rings is 2. The maximum absolute atomic E-state index is 4.81. The van der Waals surface area contributed by atoms with Crippen LogP contribution in [0.25, 0.3) is 22.1 Å². The van der Waals surface area contributed by atoms with Crippen LogP contribution in [0, 0.1) is 6.92 Å². The molecule has 0 aliphatic heterocycles. The molecule has 0 spiro atoms. The molecule has 5 heteroatoms. The Morgan fingerprint density at radius 2 is 1.50 bits per heavy atom. The summed E-state index contributed by atoms with van der Waals surface area (Å²) in [6.07, 6.45) is 1.10. The van der Waals surface area contributed by atoms with Gasteiger partial charge in [0.15, 0.2) is 0 Å². The Balaban J connectivity index is 1.46. The van der Waals surface area contributed by atoms with Crippen LogP contribution >= 0.6 is 0 Å². The Bertz CT molecular complexity index is 1030. The number of para-hydroxylation sites is 4. The summed E-state index contributed by atoms with van der Waals surface area (Å²) < 4.78 is 4.61. The third kappa shape index (κ3) is 3.10. The van der Waals surface area contributed by atoms with Gasteiger partial charge >= 0.3 is 0 Å². The number of aryl methyl sites for hydroxylation is 2. The number of benzene rings is 2. The fourth-order valence-electron chi connectivity index (χ4n) is 3.60. The summed E-state index contributed by atoms with van der Waals surface area (Å²) >= 11 is 0. The van der Waals surface area contributed by atoms with Gasteiger partial charge in [-0.1, -0.05) is 31.2 Å². The van der Waals surface area contributed by atoms with E-state index in [0.717, 1.165) is 55.3 Å². The first-order valence-corrected chi connectivity index (χ1v) is 9.34. The van der Waals surface area contributed by atoms with Gasteiger partial charge in [-0.25, -0.2) is 9.97 Å². The lowest BCUT2D eigenvalue weighted by atomic mass is 10.3. The second-order valence-electron chi connectivity index (χ2n) is 6.64. The molecule has 0 atom stereocenters. The summed E-state index contributed by atoms with van der Waals surface area (Å²) in [6, 6.07) is 16.7. The van der Waals surface area contributed by atoms with Gasteiger partial charge in [0, 0.05) is 19.6 Å². The van der Waals surface area contributed by atoms with E-state index in [1.54, 1.807) is 0 Å². The largest absolute Gasteiger partial charge is 0.327 e. The number of hydrogen-bond donors (Lipinski definition) is 1. The molecule has 4 aromatic rings. The number of nitrogens with zero attached hydrogens (tertiary/aromatic N) is 4. The van der Waals surface area contributed by atoms with E-state index >= 15 is 0 Å². The molecule has 4 rings (SSSR count). The van der Waals surface area contributed by atoms with Crippen LogP contribution in [0.4, 0.5) is 0 Å². The summed E-state index contributed by atoms with van der Waals surface area (Å²) in [5, 5.41) is 3.56. The van der Waals surface area contributed by atoms with Crippen molar-refractivity contribution in [3.8, 4) is 0 Å². The zero-order chi connectivity index (χ0) is 17.9. The minimum Gasteiger partial charge on any atom is -0.327 e. The lowest BCUT2D eigenvalue weighted by molar-refractivity contribution is 0.562. The van der Waals surface area contributed by atoms with Gasteiger partial charge in [-0.2, -0.15) is 0 Å². The van der Waals surface area contributed by atoms with Crippen molar-refractivity contribution >= 4 is 22.1 Å². The number of fused-ring (bicyclic) bond motifs is 2. The molecule has 0 radical (unpaired) electrons. The quantitative estimate of drug-likeness (QED) is 0.516. The molecule has 2 aromatic carbocycles. The summed E-state index contributed by atoms with van der Waals surface area (Å²) in [5.74, 6) is 2.17. The fraction of sp³-hybridized carbons (Fsp3) is 0.333. The average molecular weight is 347 g/mol. The predicted molar refractivity (Wildman–Crippen MR) is 106 cm³/mol. The van der Waals surface area contributed by atoms with Gasteiger partial charge in [-0.15, -0.1) is 0 Å². The zero-order valence-electron chi connectivity index (χ0n) is 15.4. The highest BCUT2D eigenvalue weighted by molar-refractivity contribution is 5.76. The van der Waals surface area contributed by atoms with Crippen molar-refractivity contribution in [3.63, 3.8) is 0 Å². The van der Waals surface area contributed by atoms with Crippen molar-refractivity contribution in [1.82, 2.24) is 24.4 Å². The van der Waals surface area contributed by atoms with Crippen molar-refractivity contribution in [2.45, 2.75) is 39.9 Å². The Morgan fingerprint density at radius 1 is 0.846 bits per heavy atom. The fourth-order valence-corrected chi connectivity index (χ4v) is 3.60. The van der Waals surface area contributed by atoms with Gasteiger partial charge in [0.1, 0.15) is 11.6 Å². The topological polar surface area (TPSA) is 47.7 Å². The van der Waals surface area contributed by atoms with Crippen LogP contribution in [0.5, 0.6) is 0 Å². The number of nitrogens with one attached hydrogen (secondary N) is 1. The zero-order valence-corrected chi connectivity index (χ0v) is 15.4. The van der Waals surface area contributed by atoms with Gasteiger partial charge < -0.3 is 14.5 Å². The van der Waals surface area contributed by atoms with Crippen LogP contribution in [0.3, 0.4) is 0 Å². The predicted octanol–water partition coefficient (Wildman–Crippen LogP) is 3.89. The van der Waals surface area contributed by atoms with Crippen molar-refractivity contribution in [2.24, 2.45) is 0 Å². The summed E-state index contributed by atoms with van der Waals surface area (Å²) in [7, 11) is 0. The maximum atomic E-state index is 4.81. The van der Waals surface area contributed by atoms with Crippen LogP contribution in [0.15, 0.2) is 48.5 Å².